The average Bonchev–Trinajstić information content (AvgIpc) is 3.12. The molecule has 1 saturated heterocycles. The van der Waals surface area contributed by atoms with E-state index in [2.05, 4.69) is 57.7 Å². The van der Waals surface area contributed by atoms with E-state index in [1.165, 1.54) is 28.6 Å². The molecular formula is C30H37N3O2S. The Morgan fingerprint density at radius 2 is 1.83 bits per heavy atom. The molecule has 190 valence electrons. The van der Waals surface area contributed by atoms with Crippen LogP contribution < -0.4 is 4.90 Å². The van der Waals surface area contributed by atoms with Crippen LogP contribution in [0, 0.1) is 6.92 Å². The van der Waals surface area contributed by atoms with E-state index in [1.54, 1.807) is 4.90 Å². The van der Waals surface area contributed by atoms with E-state index in [4.69, 9.17) is 9.73 Å². The highest BCUT2D eigenvalue weighted by atomic mass is 32.2. The molecule has 0 aliphatic carbocycles. The SMILES string of the molecule is CCCN1c2cc(C)c(/C=C3/SC(=Nc4ccccc4)N(CCOCC)C3=O)cc2C(C)=CC1(C)C. The second kappa shape index (κ2) is 11.1. The van der Waals surface area contributed by atoms with Crippen molar-refractivity contribution < 1.29 is 9.53 Å². The van der Waals surface area contributed by atoms with Crippen molar-refractivity contribution in [2.24, 2.45) is 4.99 Å². The molecule has 5 nitrogen and oxygen atoms in total. The predicted octanol–water partition coefficient (Wildman–Crippen LogP) is 7.05. The summed E-state index contributed by atoms with van der Waals surface area (Å²) in [7, 11) is 0. The number of aliphatic imine (C=N–C) groups is 1. The van der Waals surface area contributed by atoms with Crippen molar-refractivity contribution in [1.29, 1.82) is 0 Å². The van der Waals surface area contributed by atoms with Gasteiger partial charge in [-0.1, -0.05) is 31.2 Å². The van der Waals surface area contributed by atoms with Crippen LogP contribution in [-0.4, -0.2) is 47.8 Å². The molecule has 4 rings (SSSR count). The molecule has 2 aliphatic heterocycles. The maximum Gasteiger partial charge on any atom is 0.266 e. The van der Waals surface area contributed by atoms with Gasteiger partial charge in [-0.15, -0.1) is 0 Å². The molecule has 0 radical (unpaired) electrons. The fraction of sp³-hybridized carbons (Fsp3) is 0.400. The monoisotopic (exact) mass is 503 g/mol. The smallest absolute Gasteiger partial charge is 0.266 e. The molecule has 6 heteroatoms. The van der Waals surface area contributed by atoms with E-state index in [0.717, 1.165) is 29.8 Å². The van der Waals surface area contributed by atoms with Crippen LogP contribution in [0.1, 0.15) is 57.7 Å². The van der Waals surface area contributed by atoms with Gasteiger partial charge in [-0.3, -0.25) is 9.69 Å². The number of anilines is 1. The molecule has 2 aromatic rings. The molecule has 2 aliphatic rings. The van der Waals surface area contributed by atoms with Crippen molar-refractivity contribution in [3.63, 3.8) is 0 Å². The number of hydrogen-bond donors (Lipinski definition) is 0. The first-order valence-corrected chi connectivity index (χ1v) is 13.6. The predicted molar refractivity (Wildman–Crippen MR) is 154 cm³/mol. The molecule has 0 aromatic heterocycles. The van der Waals surface area contributed by atoms with Gasteiger partial charge >= 0.3 is 0 Å². The lowest BCUT2D eigenvalue weighted by molar-refractivity contribution is -0.122. The Hall–Kier alpha value is -2.83. The summed E-state index contributed by atoms with van der Waals surface area (Å²) in [5, 5.41) is 0.694. The molecule has 0 N–H and O–H groups in total. The summed E-state index contributed by atoms with van der Waals surface area (Å²) in [6.07, 6.45) is 5.47. The zero-order valence-corrected chi connectivity index (χ0v) is 23.1. The number of aryl methyl sites for hydroxylation is 1. The van der Waals surface area contributed by atoms with Crippen molar-refractivity contribution in [1.82, 2.24) is 4.90 Å². The summed E-state index contributed by atoms with van der Waals surface area (Å²) in [5.41, 5.74) is 6.82. The van der Waals surface area contributed by atoms with Crippen LogP contribution in [0.2, 0.25) is 0 Å². The largest absolute Gasteiger partial charge is 0.380 e. The number of benzene rings is 2. The van der Waals surface area contributed by atoms with Gasteiger partial charge in [0.15, 0.2) is 5.17 Å². The topological polar surface area (TPSA) is 45.1 Å². The van der Waals surface area contributed by atoms with Gasteiger partial charge in [0.05, 0.1) is 29.3 Å². The lowest BCUT2D eigenvalue weighted by Gasteiger charge is -2.43. The zero-order chi connectivity index (χ0) is 25.9. The lowest BCUT2D eigenvalue weighted by atomic mass is 9.86. The maximum atomic E-state index is 13.5. The lowest BCUT2D eigenvalue weighted by Crippen LogP contribution is -2.45. The number of thioether (sulfide) groups is 1. The number of amidine groups is 1. The standard InChI is InChI=1S/C30H37N3O2S/c1-7-14-33-26-17-21(3)23(18-25(26)22(4)20-30(33,5)6)19-27-28(34)32(15-16-35-8-2)29(36-27)31-24-12-10-9-11-13-24/h9-13,17-20H,7-8,14-16H2,1-6H3/b27-19+,31-29?. The minimum atomic E-state index is -0.0271. The molecule has 0 spiro atoms. The van der Waals surface area contributed by atoms with Crippen LogP contribution >= 0.6 is 11.8 Å². The fourth-order valence-corrected chi connectivity index (χ4v) is 5.89. The number of fused-ring (bicyclic) bond motifs is 1. The van der Waals surface area contributed by atoms with Gasteiger partial charge < -0.3 is 9.64 Å². The number of para-hydroxylation sites is 1. The first kappa shape index (κ1) is 26.2. The highest BCUT2D eigenvalue weighted by molar-refractivity contribution is 8.18. The quantitative estimate of drug-likeness (QED) is 0.286. The summed E-state index contributed by atoms with van der Waals surface area (Å²) in [6, 6.07) is 14.3. The molecule has 2 heterocycles. The number of ether oxygens (including phenoxy) is 1. The molecule has 1 amide bonds. The third-order valence-electron chi connectivity index (χ3n) is 6.63. The van der Waals surface area contributed by atoms with E-state index in [9.17, 15) is 4.79 Å². The molecule has 0 atom stereocenters. The van der Waals surface area contributed by atoms with Gasteiger partial charge in [0.1, 0.15) is 0 Å². The summed E-state index contributed by atoms with van der Waals surface area (Å²) in [5.74, 6) is -0.0208. The Bertz CT molecular complexity index is 1210. The average molecular weight is 504 g/mol. The van der Waals surface area contributed by atoms with Crippen molar-refractivity contribution in [3.8, 4) is 0 Å². The van der Waals surface area contributed by atoms with Crippen LogP contribution in [-0.2, 0) is 9.53 Å². The number of hydrogen-bond acceptors (Lipinski definition) is 5. The Morgan fingerprint density at radius 1 is 1.08 bits per heavy atom. The third kappa shape index (κ3) is 5.45. The van der Waals surface area contributed by atoms with E-state index in [-0.39, 0.29) is 11.4 Å². The number of allylic oxidation sites excluding steroid dienone is 1. The Morgan fingerprint density at radius 3 is 2.53 bits per heavy atom. The number of carbonyl (C=O) groups excluding carboxylic acids is 1. The van der Waals surface area contributed by atoms with Crippen molar-refractivity contribution >= 4 is 45.9 Å². The van der Waals surface area contributed by atoms with Crippen LogP contribution in [0.15, 0.2) is 58.4 Å². The summed E-state index contributed by atoms with van der Waals surface area (Å²) >= 11 is 1.44. The summed E-state index contributed by atoms with van der Waals surface area (Å²) in [4.78, 5) is 23.2. The van der Waals surface area contributed by atoms with Crippen LogP contribution in [0.5, 0.6) is 0 Å². The number of carbonyl (C=O) groups is 1. The summed E-state index contributed by atoms with van der Waals surface area (Å²) in [6.45, 7) is 15.6. The molecule has 0 bridgehead atoms. The first-order chi connectivity index (χ1) is 17.2. The minimum Gasteiger partial charge on any atom is -0.380 e. The molecule has 2 aromatic carbocycles. The normalized spacial score (nSPS) is 19.3. The Balaban J connectivity index is 1.71. The third-order valence-corrected chi connectivity index (χ3v) is 7.64. The Labute approximate surface area is 219 Å². The van der Waals surface area contributed by atoms with Gasteiger partial charge in [-0.2, -0.15) is 0 Å². The minimum absolute atomic E-state index is 0.0208. The van der Waals surface area contributed by atoms with E-state index >= 15 is 0 Å². The Kier molecular flexibility index (Phi) is 8.06. The van der Waals surface area contributed by atoms with E-state index in [0.29, 0.717) is 29.8 Å². The van der Waals surface area contributed by atoms with Gasteiger partial charge in [0.2, 0.25) is 0 Å². The van der Waals surface area contributed by atoms with Crippen LogP contribution in [0.4, 0.5) is 11.4 Å². The molecule has 1 fully saturated rings. The van der Waals surface area contributed by atoms with Gasteiger partial charge in [0.25, 0.3) is 5.91 Å². The second-order valence-corrected chi connectivity index (χ2v) is 10.9. The van der Waals surface area contributed by atoms with Crippen molar-refractivity contribution in [3.05, 3.63) is 70.1 Å². The van der Waals surface area contributed by atoms with Crippen LogP contribution in [0.25, 0.3) is 11.6 Å². The van der Waals surface area contributed by atoms with Crippen molar-refractivity contribution in [2.45, 2.75) is 53.5 Å². The summed E-state index contributed by atoms with van der Waals surface area (Å²) < 4.78 is 5.55. The highest BCUT2D eigenvalue weighted by Crippen LogP contribution is 2.42. The van der Waals surface area contributed by atoms with Gasteiger partial charge in [-0.25, -0.2) is 4.99 Å². The van der Waals surface area contributed by atoms with Crippen LogP contribution in [0.3, 0.4) is 0 Å². The highest BCUT2D eigenvalue weighted by Gasteiger charge is 2.34. The van der Waals surface area contributed by atoms with Gasteiger partial charge in [-0.05, 0) is 99.8 Å². The number of amides is 1. The second-order valence-electron chi connectivity index (χ2n) is 9.85. The number of rotatable bonds is 8. The molecular weight excluding hydrogens is 466 g/mol. The first-order valence-electron chi connectivity index (χ1n) is 12.8. The molecule has 0 saturated carbocycles. The fourth-order valence-electron chi connectivity index (χ4n) is 4.88. The maximum absolute atomic E-state index is 13.5. The van der Waals surface area contributed by atoms with Gasteiger partial charge in [0, 0.05) is 24.4 Å². The number of nitrogens with zero attached hydrogens (tertiary/aromatic N) is 3. The van der Waals surface area contributed by atoms with E-state index < -0.39 is 0 Å². The zero-order valence-electron chi connectivity index (χ0n) is 22.3. The molecule has 36 heavy (non-hydrogen) atoms. The van der Waals surface area contributed by atoms with E-state index in [1.807, 2.05) is 43.3 Å². The molecule has 0 unspecified atom stereocenters. The van der Waals surface area contributed by atoms with Crippen molar-refractivity contribution in [2.75, 3.05) is 31.2 Å².